The normalized spacial score (nSPS) is 11.7. The maximum absolute atomic E-state index is 12.3. The van der Waals surface area contributed by atoms with Gasteiger partial charge in [-0.15, -0.1) is 0 Å². The van der Waals surface area contributed by atoms with Crippen molar-refractivity contribution in [3.63, 3.8) is 0 Å². The maximum Gasteiger partial charge on any atom is 0.335 e. The lowest BCUT2D eigenvalue weighted by molar-refractivity contribution is -0.524. The van der Waals surface area contributed by atoms with Gasteiger partial charge in [0.05, 0.1) is 11.3 Å². The average Bonchev–Trinajstić information content (AvgIpc) is 2.60. The summed E-state index contributed by atoms with van der Waals surface area (Å²) >= 11 is 11.9. The van der Waals surface area contributed by atoms with Gasteiger partial charge in [0.25, 0.3) is 0 Å². The summed E-state index contributed by atoms with van der Waals surface area (Å²) in [4.78, 5) is 34.0. The predicted octanol–water partition coefficient (Wildman–Crippen LogP) is 4.60. The monoisotopic (exact) mass is 410 g/mol. The highest BCUT2D eigenvalue weighted by atomic mass is 35.5. The Morgan fingerprint density at radius 2 is 1.93 bits per heavy atom. The van der Waals surface area contributed by atoms with E-state index < -0.39 is 22.8 Å². The number of nitrogens with zero attached hydrogens (tertiary/aromatic N) is 1. The molecule has 1 unspecified atom stereocenters. The van der Waals surface area contributed by atoms with Crippen molar-refractivity contribution in [2.75, 3.05) is 5.32 Å². The molecule has 142 valence electrons. The summed E-state index contributed by atoms with van der Waals surface area (Å²) in [5.74, 6) is -1.61. The number of nitrogens with one attached hydrogen (secondary N) is 1. The smallest absolute Gasteiger partial charge is 0.335 e. The van der Waals surface area contributed by atoms with Crippen molar-refractivity contribution in [2.24, 2.45) is 0 Å². The molecule has 0 radical (unpaired) electrons. The van der Waals surface area contributed by atoms with Gasteiger partial charge < -0.3 is 10.4 Å². The van der Waals surface area contributed by atoms with Gasteiger partial charge in [-0.3, -0.25) is 14.9 Å². The van der Waals surface area contributed by atoms with E-state index in [1.54, 1.807) is 18.2 Å². The summed E-state index contributed by atoms with van der Waals surface area (Å²) in [5.41, 5.74) is 0.980. The molecule has 0 heterocycles. The zero-order chi connectivity index (χ0) is 20.1. The molecule has 0 aliphatic rings. The Morgan fingerprint density at radius 1 is 1.22 bits per heavy atom. The Labute approximate surface area is 165 Å². The first-order valence-corrected chi connectivity index (χ1v) is 8.69. The standard InChI is InChI=1S/C18H16Cl2N2O5/c1-10(22(26)27)14-6-3-12(18(24)25)8-16(14)21-17(23)7-4-11-2-5-13(19)9-15(11)20/h2-3,5-6,8-10H,4,7H2,1H3,(H,21,23)(H,24,25). The molecule has 7 nitrogen and oxygen atoms in total. The van der Waals surface area contributed by atoms with Gasteiger partial charge in [0.1, 0.15) is 0 Å². The van der Waals surface area contributed by atoms with E-state index in [1.807, 2.05) is 0 Å². The number of carbonyl (C=O) groups excluding carboxylic acids is 1. The van der Waals surface area contributed by atoms with Crippen LogP contribution in [-0.4, -0.2) is 21.9 Å². The molecular weight excluding hydrogens is 395 g/mol. The Hall–Kier alpha value is -2.64. The Bertz CT molecular complexity index is 901. The largest absolute Gasteiger partial charge is 0.478 e. The highest BCUT2D eigenvalue weighted by Gasteiger charge is 2.22. The van der Waals surface area contributed by atoms with E-state index in [0.29, 0.717) is 16.5 Å². The molecule has 0 aliphatic heterocycles. The third-order valence-electron chi connectivity index (χ3n) is 3.98. The molecule has 2 aromatic rings. The van der Waals surface area contributed by atoms with Gasteiger partial charge in [-0.25, -0.2) is 4.79 Å². The zero-order valence-electron chi connectivity index (χ0n) is 14.2. The maximum atomic E-state index is 12.3. The Kier molecular flexibility index (Phi) is 6.76. The molecule has 1 atom stereocenters. The zero-order valence-corrected chi connectivity index (χ0v) is 15.8. The first-order chi connectivity index (χ1) is 12.7. The van der Waals surface area contributed by atoms with E-state index in [4.69, 9.17) is 28.3 Å². The van der Waals surface area contributed by atoms with Crippen molar-refractivity contribution in [3.05, 3.63) is 73.2 Å². The molecular formula is C18H16Cl2N2O5. The third-order valence-corrected chi connectivity index (χ3v) is 4.56. The second kappa shape index (κ2) is 8.83. The van der Waals surface area contributed by atoms with Crippen molar-refractivity contribution in [2.45, 2.75) is 25.8 Å². The van der Waals surface area contributed by atoms with E-state index in [0.717, 1.165) is 5.56 Å². The fraction of sp³-hybridized carbons (Fsp3) is 0.222. The molecule has 0 fully saturated rings. The number of amides is 1. The molecule has 0 saturated carbocycles. The van der Waals surface area contributed by atoms with Crippen LogP contribution in [0.4, 0.5) is 5.69 Å². The first-order valence-electron chi connectivity index (χ1n) is 7.93. The van der Waals surface area contributed by atoms with E-state index in [-0.39, 0.29) is 23.2 Å². The number of hydrogen-bond acceptors (Lipinski definition) is 4. The fourth-order valence-electron chi connectivity index (χ4n) is 2.46. The number of nitro groups is 1. The predicted molar refractivity (Wildman–Crippen MR) is 102 cm³/mol. The molecule has 1 amide bonds. The summed E-state index contributed by atoms with van der Waals surface area (Å²) < 4.78 is 0. The summed E-state index contributed by atoms with van der Waals surface area (Å²) in [6, 6.07) is 7.66. The molecule has 2 rings (SSSR count). The minimum Gasteiger partial charge on any atom is -0.478 e. The number of halogens is 2. The summed E-state index contributed by atoms with van der Waals surface area (Å²) in [6.45, 7) is 1.36. The lowest BCUT2D eigenvalue weighted by Gasteiger charge is -2.13. The highest BCUT2D eigenvalue weighted by Crippen LogP contribution is 2.27. The van der Waals surface area contributed by atoms with Gasteiger partial charge in [-0.05, 0) is 42.3 Å². The van der Waals surface area contributed by atoms with Crippen LogP contribution in [0.25, 0.3) is 0 Å². The molecule has 27 heavy (non-hydrogen) atoms. The van der Waals surface area contributed by atoms with Gasteiger partial charge in [0, 0.05) is 33.9 Å². The Morgan fingerprint density at radius 3 is 2.52 bits per heavy atom. The van der Waals surface area contributed by atoms with E-state index in [9.17, 15) is 19.7 Å². The van der Waals surface area contributed by atoms with Crippen molar-refractivity contribution in [1.82, 2.24) is 0 Å². The van der Waals surface area contributed by atoms with Crippen molar-refractivity contribution < 1.29 is 19.6 Å². The van der Waals surface area contributed by atoms with Crippen LogP contribution < -0.4 is 5.32 Å². The molecule has 0 bridgehead atoms. The molecule has 0 aromatic heterocycles. The van der Waals surface area contributed by atoms with Crippen LogP contribution in [0.1, 0.15) is 40.9 Å². The van der Waals surface area contributed by atoms with Gasteiger partial charge in [0.15, 0.2) is 0 Å². The van der Waals surface area contributed by atoms with Crippen LogP contribution in [-0.2, 0) is 11.2 Å². The molecule has 0 saturated heterocycles. The SMILES string of the molecule is CC(c1ccc(C(=O)O)cc1NC(=O)CCc1ccc(Cl)cc1Cl)[N+](=O)[O-]. The van der Waals surface area contributed by atoms with Crippen LogP contribution in [0.3, 0.4) is 0 Å². The van der Waals surface area contributed by atoms with Gasteiger partial charge in [0.2, 0.25) is 11.9 Å². The summed E-state index contributed by atoms with van der Waals surface area (Å²) in [6.07, 6.45) is 0.394. The van der Waals surface area contributed by atoms with Crippen molar-refractivity contribution in [3.8, 4) is 0 Å². The van der Waals surface area contributed by atoms with Gasteiger partial charge in [-0.2, -0.15) is 0 Å². The highest BCUT2D eigenvalue weighted by molar-refractivity contribution is 6.35. The minimum atomic E-state index is -1.20. The third kappa shape index (κ3) is 5.42. The number of rotatable bonds is 7. The first kappa shape index (κ1) is 20.7. The average molecular weight is 411 g/mol. The lowest BCUT2D eigenvalue weighted by atomic mass is 10.0. The Balaban J connectivity index is 2.18. The summed E-state index contributed by atoms with van der Waals surface area (Å²) in [5, 5.41) is 23.7. The van der Waals surface area contributed by atoms with Crippen LogP contribution in [0.5, 0.6) is 0 Å². The van der Waals surface area contributed by atoms with E-state index in [2.05, 4.69) is 5.32 Å². The number of carboxylic acid groups (broad SMARTS) is 1. The lowest BCUT2D eigenvalue weighted by Crippen LogP contribution is -2.17. The fourth-order valence-corrected chi connectivity index (χ4v) is 2.96. The topological polar surface area (TPSA) is 110 Å². The van der Waals surface area contributed by atoms with Crippen molar-refractivity contribution >= 4 is 40.8 Å². The van der Waals surface area contributed by atoms with Crippen LogP contribution in [0.2, 0.25) is 10.0 Å². The molecule has 2 aromatic carbocycles. The van der Waals surface area contributed by atoms with E-state index >= 15 is 0 Å². The molecule has 0 spiro atoms. The number of carboxylic acids is 1. The number of aryl methyl sites for hydroxylation is 1. The van der Waals surface area contributed by atoms with E-state index in [1.165, 1.54) is 25.1 Å². The summed E-state index contributed by atoms with van der Waals surface area (Å²) in [7, 11) is 0. The number of carbonyl (C=O) groups is 2. The van der Waals surface area contributed by atoms with Gasteiger partial charge >= 0.3 is 5.97 Å². The van der Waals surface area contributed by atoms with Crippen LogP contribution >= 0.6 is 23.2 Å². The molecule has 2 N–H and O–H groups in total. The van der Waals surface area contributed by atoms with Crippen LogP contribution in [0, 0.1) is 10.1 Å². The molecule has 9 heteroatoms. The van der Waals surface area contributed by atoms with Crippen LogP contribution in [0.15, 0.2) is 36.4 Å². The quantitative estimate of drug-likeness (QED) is 0.511. The number of aromatic carboxylic acids is 1. The number of anilines is 1. The van der Waals surface area contributed by atoms with Crippen molar-refractivity contribution in [1.29, 1.82) is 0 Å². The minimum absolute atomic E-state index is 0.0605. The van der Waals surface area contributed by atoms with Gasteiger partial charge in [-0.1, -0.05) is 29.3 Å². The second-order valence-corrected chi connectivity index (χ2v) is 6.70. The second-order valence-electron chi connectivity index (χ2n) is 5.85. The number of hydrogen-bond donors (Lipinski definition) is 2. The molecule has 0 aliphatic carbocycles. The number of benzene rings is 2.